The Hall–Kier alpha value is -1.81. The number of likely N-dealkylation sites (tertiary alicyclic amines) is 1. The fourth-order valence-corrected chi connectivity index (χ4v) is 5.54. The number of nitrogens with zero attached hydrogens (tertiary/aromatic N) is 5. The first-order chi connectivity index (χ1) is 14.6. The first kappa shape index (κ1) is 20.1. The molecule has 0 atom stereocenters. The number of imidazole rings is 1. The average molecular weight is 520 g/mol. The monoisotopic (exact) mass is 520 g/mol. The number of nitrogen functional groups attached to an aromatic ring is 1. The molecular formula is C22H26FIN6. The number of halogens is 2. The van der Waals surface area contributed by atoms with Crippen molar-refractivity contribution in [3.8, 4) is 0 Å². The maximum atomic E-state index is 13.9. The molecule has 0 saturated carbocycles. The van der Waals surface area contributed by atoms with Crippen LogP contribution in [0.5, 0.6) is 0 Å². The highest BCUT2D eigenvalue weighted by molar-refractivity contribution is 14.1. The molecule has 0 unspecified atom stereocenters. The van der Waals surface area contributed by atoms with Gasteiger partial charge in [0.25, 0.3) is 0 Å². The molecule has 6 nitrogen and oxygen atoms in total. The summed E-state index contributed by atoms with van der Waals surface area (Å²) in [5.41, 5.74) is 11.2. The van der Waals surface area contributed by atoms with Gasteiger partial charge in [-0.2, -0.15) is 14.4 Å². The van der Waals surface area contributed by atoms with Gasteiger partial charge < -0.3 is 15.2 Å². The molecule has 1 aliphatic heterocycles. The van der Waals surface area contributed by atoms with Gasteiger partial charge in [-0.15, -0.1) is 0 Å². The van der Waals surface area contributed by atoms with Crippen LogP contribution in [0, 0.1) is 9.65 Å². The van der Waals surface area contributed by atoms with Gasteiger partial charge in [0.2, 0.25) is 0 Å². The normalized spacial score (nSPS) is 16.6. The third kappa shape index (κ3) is 3.91. The van der Waals surface area contributed by atoms with Crippen molar-refractivity contribution in [2.45, 2.75) is 51.5 Å². The second-order valence-corrected chi connectivity index (χ2v) is 9.54. The Morgan fingerprint density at radius 2 is 1.77 bits per heavy atom. The minimum absolute atomic E-state index is 0.112. The lowest BCUT2D eigenvalue weighted by atomic mass is 10.0. The minimum atomic E-state index is -0.792. The molecule has 1 aromatic carbocycles. The van der Waals surface area contributed by atoms with Crippen LogP contribution in [0.1, 0.15) is 48.2 Å². The second-order valence-electron chi connectivity index (χ2n) is 8.37. The van der Waals surface area contributed by atoms with Gasteiger partial charge in [0, 0.05) is 16.5 Å². The standard InChI is InChI=1S/C22H26FIN6/c23-22-27-20(25)19-21(28-22)30(10-4-9-29-7-1-2-8-29)18(26-19)13-16-11-14-5-3-6-15(14)12-17(16)24/h11-12H,1-10,13H2,(H2,25,27,28). The van der Waals surface area contributed by atoms with Crippen molar-refractivity contribution >= 4 is 39.6 Å². The van der Waals surface area contributed by atoms with Crippen LogP contribution >= 0.6 is 22.6 Å². The number of nitrogens with two attached hydrogens (primary N) is 1. The van der Waals surface area contributed by atoms with E-state index in [1.54, 1.807) is 0 Å². The average Bonchev–Trinajstić information content (AvgIpc) is 3.44. The van der Waals surface area contributed by atoms with E-state index in [0.29, 0.717) is 17.6 Å². The molecule has 30 heavy (non-hydrogen) atoms. The number of rotatable bonds is 6. The molecule has 0 bridgehead atoms. The SMILES string of the molecule is Nc1nc(F)nc2c1nc(Cc1cc3c(cc1I)CCC3)n2CCCN1CCCC1. The summed E-state index contributed by atoms with van der Waals surface area (Å²) >= 11 is 2.42. The molecule has 0 spiro atoms. The van der Waals surface area contributed by atoms with Crippen LogP contribution in [0.2, 0.25) is 0 Å². The smallest absolute Gasteiger partial charge is 0.312 e. The van der Waals surface area contributed by atoms with Crippen molar-refractivity contribution in [1.82, 2.24) is 24.4 Å². The third-order valence-electron chi connectivity index (χ3n) is 6.34. The number of fused-ring (bicyclic) bond motifs is 2. The van der Waals surface area contributed by atoms with Gasteiger partial charge in [-0.05, 0) is 104 Å². The summed E-state index contributed by atoms with van der Waals surface area (Å²) < 4.78 is 17.3. The molecule has 3 aromatic rings. The van der Waals surface area contributed by atoms with Crippen LogP contribution in [-0.4, -0.2) is 44.1 Å². The highest BCUT2D eigenvalue weighted by Gasteiger charge is 2.20. The quantitative estimate of drug-likeness (QED) is 0.397. The number of aryl methyl sites for hydroxylation is 3. The number of anilines is 1. The zero-order valence-corrected chi connectivity index (χ0v) is 19.2. The Balaban J connectivity index is 1.48. The second kappa shape index (κ2) is 8.37. The van der Waals surface area contributed by atoms with Gasteiger partial charge >= 0.3 is 6.08 Å². The largest absolute Gasteiger partial charge is 0.382 e. The summed E-state index contributed by atoms with van der Waals surface area (Å²) in [6.07, 6.45) is 6.99. The lowest BCUT2D eigenvalue weighted by molar-refractivity contribution is 0.325. The van der Waals surface area contributed by atoms with E-state index >= 15 is 0 Å². The van der Waals surface area contributed by atoms with Crippen molar-refractivity contribution in [2.24, 2.45) is 0 Å². The molecule has 1 fully saturated rings. The molecule has 2 aromatic heterocycles. The van der Waals surface area contributed by atoms with Crippen molar-refractivity contribution in [1.29, 1.82) is 0 Å². The number of hydrogen-bond acceptors (Lipinski definition) is 5. The van der Waals surface area contributed by atoms with E-state index in [0.717, 1.165) is 31.8 Å². The fraction of sp³-hybridized carbons (Fsp3) is 0.500. The summed E-state index contributed by atoms with van der Waals surface area (Å²) in [5, 5.41) is 0. The molecule has 158 valence electrons. The van der Waals surface area contributed by atoms with E-state index in [4.69, 9.17) is 10.7 Å². The molecule has 2 aliphatic rings. The lowest BCUT2D eigenvalue weighted by Gasteiger charge is -2.16. The van der Waals surface area contributed by atoms with Crippen LogP contribution in [0.25, 0.3) is 11.2 Å². The Morgan fingerprint density at radius 3 is 2.57 bits per heavy atom. The summed E-state index contributed by atoms with van der Waals surface area (Å²) in [6, 6.07) is 4.64. The zero-order chi connectivity index (χ0) is 20.7. The van der Waals surface area contributed by atoms with E-state index in [-0.39, 0.29) is 5.82 Å². The Bertz CT molecular complexity index is 1090. The highest BCUT2D eigenvalue weighted by Crippen LogP contribution is 2.29. The molecule has 1 aliphatic carbocycles. The summed E-state index contributed by atoms with van der Waals surface area (Å²) in [4.78, 5) is 15.0. The van der Waals surface area contributed by atoms with Crippen LogP contribution in [0.4, 0.5) is 10.2 Å². The van der Waals surface area contributed by atoms with E-state index < -0.39 is 6.08 Å². The minimum Gasteiger partial charge on any atom is -0.382 e. The van der Waals surface area contributed by atoms with E-state index in [2.05, 4.69) is 54.2 Å². The maximum absolute atomic E-state index is 13.9. The number of benzene rings is 1. The Kier molecular flexibility index (Phi) is 5.61. The number of aromatic nitrogens is 4. The van der Waals surface area contributed by atoms with Crippen molar-refractivity contribution in [3.05, 3.63) is 44.3 Å². The Labute approximate surface area is 189 Å². The van der Waals surface area contributed by atoms with Gasteiger partial charge in [0.15, 0.2) is 17.0 Å². The molecular weight excluding hydrogens is 494 g/mol. The lowest BCUT2D eigenvalue weighted by Crippen LogP contribution is -2.22. The van der Waals surface area contributed by atoms with Crippen molar-refractivity contribution < 1.29 is 4.39 Å². The van der Waals surface area contributed by atoms with Gasteiger partial charge in [-0.25, -0.2) is 4.98 Å². The van der Waals surface area contributed by atoms with Gasteiger partial charge in [-0.3, -0.25) is 0 Å². The van der Waals surface area contributed by atoms with Gasteiger partial charge in [-0.1, -0.05) is 6.07 Å². The van der Waals surface area contributed by atoms with Crippen LogP contribution in [-0.2, 0) is 25.8 Å². The summed E-state index contributed by atoms with van der Waals surface area (Å²) in [7, 11) is 0. The molecule has 0 radical (unpaired) electrons. The summed E-state index contributed by atoms with van der Waals surface area (Å²) in [5.74, 6) is 0.995. The van der Waals surface area contributed by atoms with E-state index in [9.17, 15) is 4.39 Å². The van der Waals surface area contributed by atoms with Crippen LogP contribution < -0.4 is 5.73 Å². The van der Waals surface area contributed by atoms with Crippen molar-refractivity contribution in [3.63, 3.8) is 0 Å². The fourth-order valence-electron chi connectivity index (χ4n) is 4.82. The molecule has 8 heteroatoms. The highest BCUT2D eigenvalue weighted by atomic mass is 127. The molecule has 3 heterocycles. The molecule has 0 amide bonds. The summed E-state index contributed by atoms with van der Waals surface area (Å²) in [6.45, 7) is 4.14. The first-order valence-corrected chi connectivity index (χ1v) is 11.9. The van der Waals surface area contributed by atoms with Gasteiger partial charge in [0.1, 0.15) is 5.82 Å². The third-order valence-corrected chi connectivity index (χ3v) is 7.34. The molecule has 5 rings (SSSR count). The predicted octanol–water partition coefficient (Wildman–Crippen LogP) is 3.72. The first-order valence-electron chi connectivity index (χ1n) is 10.8. The molecule has 1 saturated heterocycles. The maximum Gasteiger partial charge on any atom is 0.312 e. The zero-order valence-electron chi connectivity index (χ0n) is 17.0. The topological polar surface area (TPSA) is 72.9 Å². The van der Waals surface area contributed by atoms with Gasteiger partial charge in [0.05, 0.1) is 0 Å². The van der Waals surface area contributed by atoms with Crippen LogP contribution in [0.3, 0.4) is 0 Å². The Morgan fingerprint density at radius 1 is 1.00 bits per heavy atom. The van der Waals surface area contributed by atoms with Crippen molar-refractivity contribution in [2.75, 3.05) is 25.4 Å². The molecule has 2 N–H and O–H groups in total. The predicted molar refractivity (Wildman–Crippen MR) is 124 cm³/mol. The van der Waals surface area contributed by atoms with E-state index in [1.165, 1.54) is 59.0 Å². The number of hydrogen-bond donors (Lipinski definition) is 1. The van der Waals surface area contributed by atoms with E-state index in [1.807, 2.05) is 0 Å². The van der Waals surface area contributed by atoms with Crippen LogP contribution in [0.15, 0.2) is 12.1 Å².